The summed E-state index contributed by atoms with van der Waals surface area (Å²) in [5.41, 5.74) is 1.49. The van der Waals surface area contributed by atoms with E-state index in [2.05, 4.69) is 45.3 Å². The molecule has 2 aromatic rings. The molecule has 0 amide bonds. The van der Waals surface area contributed by atoms with E-state index in [1.54, 1.807) is 18.3 Å². The predicted octanol–water partition coefficient (Wildman–Crippen LogP) is 3.11. The zero-order valence-electron chi connectivity index (χ0n) is 13.0. The monoisotopic (exact) mass is 296 g/mol. The Morgan fingerprint density at radius 1 is 1.14 bits per heavy atom. The van der Waals surface area contributed by atoms with Crippen molar-refractivity contribution in [2.24, 2.45) is 0 Å². The Balaban J connectivity index is 2.14. The zero-order chi connectivity index (χ0) is 15.8. The van der Waals surface area contributed by atoms with Crippen molar-refractivity contribution in [3.8, 4) is 6.07 Å². The number of rotatable bonds is 7. The molecule has 0 bridgehead atoms. The van der Waals surface area contributed by atoms with E-state index in [-0.39, 0.29) is 0 Å². The molecule has 0 saturated heterocycles. The zero-order valence-corrected chi connectivity index (χ0v) is 13.0. The lowest BCUT2D eigenvalue weighted by molar-refractivity contribution is 0.711. The Bertz CT molecular complexity index is 626. The van der Waals surface area contributed by atoms with Crippen LogP contribution in [0.25, 0.3) is 0 Å². The molecule has 0 aliphatic rings. The highest BCUT2D eigenvalue weighted by atomic mass is 15.3. The number of benzene rings is 1. The Kier molecular flexibility index (Phi) is 5.66. The molecule has 1 aromatic heterocycles. The van der Waals surface area contributed by atoms with Gasteiger partial charge in [-0.2, -0.15) is 15.3 Å². The van der Waals surface area contributed by atoms with Gasteiger partial charge in [-0.15, -0.1) is 5.10 Å². The lowest BCUT2D eigenvalue weighted by Gasteiger charge is -2.20. The van der Waals surface area contributed by atoms with Crippen LogP contribution in [0.2, 0.25) is 0 Å². The van der Waals surface area contributed by atoms with E-state index in [4.69, 9.17) is 5.26 Å². The normalized spacial score (nSPS) is 10.0. The molecule has 1 N–H and O–H groups in total. The van der Waals surface area contributed by atoms with Crippen LogP contribution in [0.1, 0.15) is 32.3 Å². The molecule has 2 rings (SSSR count). The number of nitriles is 1. The number of aromatic nitrogens is 3. The van der Waals surface area contributed by atoms with Crippen LogP contribution in [-0.4, -0.2) is 28.3 Å². The number of nitrogens with one attached hydrogen (secondary N) is 1. The second-order valence-electron chi connectivity index (χ2n) is 4.94. The van der Waals surface area contributed by atoms with E-state index < -0.39 is 0 Å². The number of nitrogens with zero attached hydrogens (tertiary/aromatic N) is 5. The van der Waals surface area contributed by atoms with Crippen LogP contribution < -0.4 is 10.2 Å². The minimum atomic E-state index is 0.629. The van der Waals surface area contributed by atoms with E-state index in [0.29, 0.717) is 17.3 Å². The first kappa shape index (κ1) is 15.7. The maximum atomic E-state index is 8.81. The molecule has 22 heavy (non-hydrogen) atoms. The fraction of sp³-hybridized carbons (Fsp3) is 0.375. The summed E-state index contributed by atoms with van der Waals surface area (Å²) in [5.74, 6) is 1.29. The maximum Gasteiger partial charge on any atom is 0.247 e. The summed E-state index contributed by atoms with van der Waals surface area (Å²) in [6.07, 6.45) is 3.67. The minimum Gasteiger partial charge on any atom is -0.339 e. The number of hydrogen-bond donors (Lipinski definition) is 1. The van der Waals surface area contributed by atoms with Crippen molar-refractivity contribution in [2.75, 3.05) is 23.3 Å². The van der Waals surface area contributed by atoms with Gasteiger partial charge in [0.15, 0.2) is 5.82 Å². The standard InChI is InChI=1S/C16H20N6/c1-3-9-22(10-4-2)16-20-15(12-18-21-16)19-14-7-5-13(11-17)6-8-14/h5-8,12H,3-4,9-10H2,1-2H3,(H,19,20,21). The van der Waals surface area contributed by atoms with E-state index in [1.807, 2.05) is 12.1 Å². The predicted molar refractivity (Wildman–Crippen MR) is 87.1 cm³/mol. The molecule has 0 aliphatic carbocycles. The summed E-state index contributed by atoms with van der Waals surface area (Å²) in [7, 11) is 0. The van der Waals surface area contributed by atoms with Crippen molar-refractivity contribution in [2.45, 2.75) is 26.7 Å². The van der Waals surface area contributed by atoms with Crippen molar-refractivity contribution in [3.63, 3.8) is 0 Å². The Morgan fingerprint density at radius 2 is 1.82 bits per heavy atom. The van der Waals surface area contributed by atoms with Gasteiger partial charge in [0, 0.05) is 18.8 Å². The molecule has 6 heteroatoms. The molecular formula is C16H20N6. The van der Waals surface area contributed by atoms with Crippen LogP contribution in [0, 0.1) is 11.3 Å². The fourth-order valence-electron chi connectivity index (χ4n) is 2.12. The van der Waals surface area contributed by atoms with E-state index in [0.717, 1.165) is 31.6 Å². The molecule has 0 aliphatic heterocycles. The molecule has 0 spiro atoms. The van der Waals surface area contributed by atoms with Crippen LogP contribution >= 0.6 is 0 Å². The molecule has 114 valence electrons. The number of hydrogen-bond acceptors (Lipinski definition) is 6. The maximum absolute atomic E-state index is 8.81. The van der Waals surface area contributed by atoms with Gasteiger partial charge in [0.2, 0.25) is 5.95 Å². The molecule has 0 saturated carbocycles. The van der Waals surface area contributed by atoms with Crippen molar-refractivity contribution in [1.29, 1.82) is 5.26 Å². The molecule has 0 radical (unpaired) electrons. The Labute approximate surface area is 130 Å². The summed E-state index contributed by atoms with van der Waals surface area (Å²) in [6, 6.07) is 9.31. The van der Waals surface area contributed by atoms with Gasteiger partial charge in [-0.25, -0.2) is 0 Å². The lowest BCUT2D eigenvalue weighted by atomic mass is 10.2. The molecular weight excluding hydrogens is 276 g/mol. The van der Waals surface area contributed by atoms with E-state index >= 15 is 0 Å². The highest BCUT2D eigenvalue weighted by Gasteiger charge is 2.09. The molecule has 0 unspecified atom stereocenters. The molecule has 1 aromatic carbocycles. The van der Waals surface area contributed by atoms with Crippen molar-refractivity contribution in [1.82, 2.24) is 15.2 Å². The fourth-order valence-corrected chi connectivity index (χ4v) is 2.12. The Hall–Kier alpha value is -2.68. The van der Waals surface area contributed by atoms with Crippen LogP contribution in [0.15, 0.2) is 30.5 Å². The molecule has 0 fully saturated rings. The summed E-state index contributed by atoms with van der Waals surface area (Å²) in [4.78, 5) is 6.66. The van der Waals surface area contributed by atoms with Gasteiger partial charge in [0.1, 0.15) is 0 Å². The van der Waals surface area contributed by atoms with E-state index in [9.17, 15) is 0 Å². The topological polar surface area (TPSA) is 77.7 Å². The van der Waals surface area contributed by atoms with Gasteiger partial charge in [0.25, 0.3) is 0 Å². The highest BCUT2D eigenvalue weighted by molar-refractivity contribution is 5.57. The lowest BCUT2D eigenvalue weighted by Crippen LogP contribution is -2.27. The van der Waals surface area contributed by atoms with Gasteiger partial charge in [0.05, 0.1) is 17.8 Å². The average Bonchev–Trinajstić information content (AvgIpc) is 2.56. The van der Waals surface area contributed by atoms with Crippen LogP contribution in [0.5, 0.6) is 0 Å². The first-order valence-corrected chi connectivity index (χ1v) is 7.48. The first-order valence-electron chi connectivity index (χ1n) is 7.48. The van der Waals surface area contributed by atoms with Gasteiger partial charge in [-0.3, -0.25) is 0 Å². The molecule has 6 nitrogen and oxygen atoms in total. The second-order valence-corrected chi connectivity index (χ2v) is 4.94. The average molecular weight is 296 g/mol. The van der Waals surface area contributed by atoms with Gasteiger partial charge < -0.3 is 10.2 Å². The second kappa shape index (κ2) is 7.93. The third kappa shape index (κ3) is 4.16. The molecule has 1 heterocycles. The SMILES string of the molecule is CCCN(CCC)c1nncc(Nc2ccc(C#N)cc2)n1. The third-order valence-corrected chi connectivity index (χ3v) is 3.10. The Morgan fingerprint density at radius 3 is 2.41 bits per heavy atom. The smallest absolute Gasteiger partial charge is 0.247 e. The van der Waals surface area contributed by atoms with Crippen molar-refractivity contribution >= 4 is 17.5 Å². The summed E-state index contributed by atoms with van der Waals surface area (Å²) < 4.78 is 0. The highest BCUT2D eigenvalue weighted by Crippen LogP contribution is 2.16. The van der Waals surface area contributed by atoms with Gasteiger partial charge in [-0.1, -0.05) is 13.8 Å². The third-order valence-electron chi connectivity index (χ3n) is 3.10. The van der Waals surface area contributed by atoms with Crippen LogP contribution in [0.3, 0.4) is 0 Å². The quantitative estimate of drug-likeness (QED) is 0.846. The van der Waals surface area contributed by atoms with Crippen LogP contribution in [-0.2, 0) is 0 Å². The summed E-state index contributed by atoms with van der Waals surface area (Å²) >= 11 is 0. The van der Waals surface area contributed by atoms with E-state index in [1.165, 1.54) is 0 Å². The number of anilines is 3. The summed E-state index contributed by atoms with van der Waals surface area (Å²) in [5, 5.41) is 20.2. The van der Waals surface area contributed by atoms with Gasteiger partial charge in [-0.05, 0) is 37.1 Å². The minimum absolute atomic E-state index is 0.629. The summed E-state index contributed by atoms with van der Waals surface area (Å²) in [6.45, 7) is 6.09. The van der Waals surface area contributed by atoms with Gasteiger partial charge >= 0.3 is 0 Å². The van der Waals surface area contributed by atoms with Crippen LogP contribution in [0.4, 0.5) is 17.5 Å². The first-order chi connectivity index (χ1) is 10.8. The van der Waals surface area contributed by atoms with Crippen molar-refractivity contribution < 1.29 is 0 Å². The largest absolute Gasteiger partial charge is 0.339 e. The van der Waals surface area contributed by atoms with Crippen molar-refractivity contribution in [3.05, 3.63) is 36.0 Å². The molecule has 0 atom stereocenters.